The van der Waals surface area contributed by atoms with Gasteiger partial charge in [-0.2, -0.15) is 0 Å². The van der Waals surface area contributed by atoms with Crippen molar-refractivity contribution in [3.63, 3.8) is 0 Å². The van der Waals surface area contributed by atoms with Gasteiger partial charge in [0.05, 0.1) is 17.9 Å². The van der Waals surface area contributed by atoms with Gasteiger partial charge in [0.1, 0.15) is 5.52 Å². The zero-order chi connectivity index (χ0) is 20.6. The maximum Gasteiger partial charge on any atom is 0.223 e. The Kier molecular flexibility index (Phi) is 5.34. The zero-order valence-corrected chi connectivity index (χ0v) is 17.6. The summed E-state index contributed by atoms with van der Waals surface area (Å²) in [7, 11) is -3.14. The highest BCUT2D eigenvalue weighted by molar-refractivity contribution is 7.88. The number of piperidine rings is 1. The van der Waals surface area contributed by atoms with E-state index in [1.54, 1.807) is 12.4 Å². The lowest BCUT2D eigenvalue weighted by atomic mass is 10.0. The number of pyridine rings is 1. The Balaban J connectivity index is 1.50. The summed E-state index contributed by atoms with van der Waals surface area (Å²) in [4.78, 5) is 13.5. The number of fused-ring (bicyclic) bond motifs is 1. The third-order valence-corrected chi connectivity index (χ3v) is 7.30. The zero-order valence-electron chi connectivity index (χ0n) is 16.8. The van der Waals surface area contributed by atoms with Crippen molar-refractivity contribution in [2.24, 2.45) is 0 Å². The van der Waals surface area contributed by atoms with Gasteiger partial charge in [0.25, 0.3) is 0 Å². The summed E-state index contributed by atoms with van der Waals surface area (Å²) in [5.41, 5.74) is -0.0489. The molecule has 1 aliphatic carbocycles. The van der Waals surface area contributed by atoms with Crippen LogP contribution in [0.25, 0.3) is 10.9 Å². The van der Waals surface area contributed by atoms with Crippen molar-refractivity contribution in [3.05, 3.63) is 18.5 Å². The largest absolute Gasteiger partial charge is 0.388 e. The van der Waals surface area contributed by atoms with Crippen molar-refractivity contribution in [2.75, 3.05) is 30.0 Å². The minimum Gasteiger partial charge on any atom is -0.388 e. The standard InChI is InChI=1S/C19H28N6O3S/c1-19(26)8-3-4-15(19)23-17-16-13(5-9-20-17)12-21-18(24-16)22-14-6-10-25(11-7-14)29(2,27)28/h5,9,12,14-15,26H,3-4,6-8,10-11H2,1-2H3,(H,20,23)(H,21,22,24). The van der Waals surface area contributed by atoms with Crippen LogP contribution in [0.2, 0.25) is 0 Å². The average Bonchev–Trinajstić information content (AvgIpc) is 3.00. The van der Waals surface area contributed by atoms with Gasteiger partial charge in [0, 0.05) is 36.9 Å². The molecule has 4 rings (SSSR count). The van der Waals surface area contributed by atoms with Gasteiger partial charge in [-0.1, -0.05) is 0 Å². The van der Waals surface area contributed by atoms with Gasteiger partial charge >= 0.3 is 0 Å². The Morgan fingerprint density at radius 1 is 1.21 bits per heavy atom. The van der Waals surface area contributed by atoms with Crippen LogP contribution in [0.15, 0.2) is 18.5 Å². The summed E-state index contributed by atoms with van der Waals surface area (Å²) in [5.74, 6) is 1.15. The van der Waals surface area contributed by atoms with E-state index in [1.807, 2.05) is 13.0 Å². The van der Waals surface area contributed by atoms with Crippen LogP contribution in [-0.2, 0) is 10.0 Å². The minimum atomic E-state index is -3.14. The number of hydrogen-bond acceptors (Lipinski definition) is 8. The molecule has 2 atom stereocenters. The molecule has 0 amide bonds. The molecule has 0 radical (unpaired) electrons. The van der Waals surface area contributed by atoms with E-state index in [0.717, 1.165) is 24.6 Å². The highest BCUT2D eigenvalue weighted by atomic mass is 32.2. The SMILES string of the molecule is CC1(O)CCCC1Nc1nccc2cnc(NC3CCN(S(C)(=O)=O)CC3)nc12. The van der Waals surface area contributed by atoms with Crippen molar-refractivity contribution < 1.29 is 13.5 Å². The Labute approximate surface area is 171 Å². The van der Waals surface area contributed by atoms with E-state index >= 15 is 0 Å². The van der Waals surface area contributed by atoms with Crippen molar-refractivity contribution in [3.8, 4) is 0 Å². The van der Waals surface area contributed by atoms with Gasteiger partial charge < -0.3 is 15.7 Å². The molecule has 2 aromatic heterocycles. The van der Waals surface area contributed by atoms with Gasteiger partial charge in [-0.25, -0.2) is 27.7 Å². The monoisotopic (exact) mass is 420 g/mol. The number of aromatic nitrogens is 3. The molecule has 2 aliphatic rings. The van der Waals surface area contributed by atoms with Gasteiger partial charge in [-0.15, -0.1) is 0 Å². The third-order valence-electron chi connectivity index (χ3n) is 5.99. The second-order valence-electron chi connectivity index (χ2n) is 8.32. The molecule has 1 saturated heterocycles. The fraction of sp³-hybridized carbons (Fsp3) is 0.632. The Bertz CT molecular complexity index is 989. The highest BCUT2D eigenvalue weighted by Crippen LogP contribution is 2.33. The summed E-state index contributed by atoms with van der Waals surface area (Å²) < 4.78 is 24.9. The molecule has 1 saturated carbocycles. The smallest absolute Gasteiger partial charge is 0.223 e. The number of nitrogens with one attached hydrogen (secondary N) is 2. The molecule has 29 heavy (non-hydrogen) atoms. The van der Waals surface area contributed by atoms with E-state index in [9.17, 15) is 13.5 Å². The van der Waals surface area contributed by atoms with Crippen LogP contribution in [0.3, 0.4) is 0 Å². The summed E-state index contributed by atoms with van der Waals surface area (Å²) in [5, 5.41) is 18.1. The predicted molar refractivity (Wildman–Crippen MR) is 112 cm³/mol. The Morgan fingerprint density at radius 3 is 2.62 bits per heavy atom. The lowest BCUT2D eigenvalue weighted by Gasteiger charge is -2.30. The van der Waals surface area contributed by atoms with Gasteiger partial charge in [-0.3, -0.25) is 0 Å². The normalized spacial score (nSPS) is 26.7. The fourth-order valence-electron chi connectivity index (χ4n) is 4.19. The molecule has 0 aromatic carbocycles. The van der Waals surface area contributed by atoms with Crippen LogP contribution in [0, 0.1) is 0 Å². The summed E-state index contributed by atoms with van der Waals surface area (Å²) >= 11 is 0. The van der Waals surface area contributed by atoms with Crippen LogP contribution in [-0.4, -0.2) is 69.8 Å². The summed E-state index contributed by atoms with van der Waals surface area (Å²) in [6.07, 6.45) is 8.76. The molecule has 1 aliphatic heterocycles. The van der Waals surface area contributed by atoms with Crippen molar-refractivity contribution in [1.29, 1.82) is 0 Å². The maximum absolute atomic E-state index is 11.7. The number of sulfonamides is 1. The van der Waals surface area contributed by atoms with E-state index in [4.69, 9.17) is 0 Å². The van der Waals surface area contributed by atoms with Crippen molar-refractivity contribution in [1.82, 2.24) is 19.3 Å². The Hall–Kier alpha value is -2.04. The van der Waals surface area contributed by atoms with Gasteiger partial charge in [0.2, 0.25) is 16.0 Å². The maximum atomic E-state index is 11.7. The average molecular weight is 421 g/mol. The first-order valence-electron chi connectivity index (χ1n) is 10.0. The number of hydrogen-bond donors (Lipinski definition) is 3. The summed E-state index contributed by atoms with van der Waals surface area (Å²) in [6, 6.07) is 1.92. The lowest BCUT2D eigenvalue weighted by Crippen LogP contribution is -2.42. The van der Waals surface area contributed by atoms with Gasteiger partial charge in [-0.05, 0) is 45.1 Å². The van der Waals surface area contributed by atoms with Crippen molar-refractivity contribution in [2.45, 2.75) is 56.7 Å². The number of aliphatic hydroxyl groups is 1. The molecule has 2 fully saturated rings. The van der Waals surface area contributed by atoms with Crippen molar-refractivity contribution >= 4 is 32.7 Å². The molecule has 3 N–H and O–H groups in total. The van der Waals surface area contributed by atoms with Crippen LogP contribution in [0.5, 0.6) is 0 Å². The first-order valence-corrected chi connectivity index (χ1v) is 11.9. The molecule has 10 heteroatoms. The van der Waals surface area contributed by atoms with Crippen LogP contribution >= 0.6 is 0 Å². The van der Waals surface area contributed by atoms with E-state index in [1.165, 1.54) is 10.6 Å². The lowest BCUT2D eigenvalue weighted by molar-refractivity contribution is 0.0578. The van der Waals surface area contributed by atoms with Gasteiger partial charge in [0.15, 0.2) is 5.82 Å². The number of anilines is 2. The molecule has 2 unspecified atom stereocenters. The van der Waals surface area contributed by atoms with E-state index in [0.29, 0.717) is 43.2 Å². The minimum absolute atomic E-state index is 0.0627. The fourth-order valence-corrected chi connectivity index (χ4v) is 5.06. The third kappa shape index (κ3) is 4.44. The molecule has 3 heterocycles. The number of rotatable bonds is 5. The first-order chi connectivity index (χ1) is 13.7. The molecule has 0 bridgehead atoms. The molecule has 9 nitrogen and oxygen atoms in total. The molecule has 2 aromatic rings. The van der Waals surface area contributed by atoms with E-state index in [2.05, 4.69) is 25.6 Å². The van der Waals surface area contributed by atoms with E-state index < -0.39 is 15.6 Å². The molecule has 158 valence electrons. The predicted octanol–water partition coefficient (Wildman–Crippen LogP) is 1.58. The van der Waals surface area contributed by atoms with Crippen LogP contribution < -0.4 is 10.6 Å². The van der Waals surface area contributed by atoms with E-state index in [-0.39, 0.29) is 12.1 Å². The Morgan fingerprint density at radius 2 is 1.97 bits per heavy atom. The second-order valence-corrected chi connectivity index (χ2v) is 10.3. The molecule has 0 spiro atoms. The quantitative estimate of drug-likeness (QED) is 0.667. The van der Waals surface area contributed by atoms with Crippen LogP contribution in [0.4, 0.5) is 11.8 Å². The second kappa shape index (κ2) is 7.66. The first kappa shape index (κ1) is 20.2. The topological polar surface area (TPSA) is 120 Å². The highest BCUT2D eigenvalue weighted by Gasteiger charge is 2.37. The summed E-state index contributed by atoms with van der Waals surface area (Å²) in [6.45, 7) is 2.85. The number of nitrogens with zero attached hydrogens (tertiary/aromatic N) is 4. The van der Waals surface area contributed by atoms with Crippen LogP contribution in [0.1, 0.15) is 39.0 Å². The molecular weight excluding hydrogens is 392 g/mol. The molecular formula is C19H28N6O3S.